The van der Waals surface area contributed by atoms with Gasteiger partial charge in [0.25, 0.3) is 0 Å². The fourth-order valence-corrected chi connectivity index (χ4v) is 3.76. The normalized spacial score (nSPS) is 14.5. The Bertz CT molecular complexity index is 1100. The molecular formula is C22H27FN6O2. The minimum absolute atomic E-state index is 0.202. The number of aromatic nitrogens is 3. The van der Waals surface area contributed by atoms with E-state index in [4.69, 9.17) is 4.74 Å². The summed E-state index contributed by atoms with van der Waals surface area (Å²) in [5, 5.41) is 4.58. The smallest absolute Gasteiger partial charge is 0.351 e. The largest absolute Gasteiger partial charge is 0.497 e. The number of hydrogen-bond donors (Lipinski definition) is 2. The van der Waals surface area contributed by atoms with Crippen molar-refractivity contribution in [2.24, 2.45) is 0 Å². The van der Waals surface area contributed by atoms with Crippen LogP contribution in [0, 0.1) is 5.82 Å². The third-order valence-electron chi connectivity index (χ3n) is 5.34. The molecule has 2 heterocycles. The minimum atomic E-state index is -0.407. The second-order valence-electron chi connectivity index (χ2n) is 7.98. The van der Waals surface area contributed by atoms with Crippen molar-refractivity contribution in [1.29, 1.82) is 0 Å². The summed E-state index contributed by atoms with van der Waals surface area (Å²) in [5.74, 6) is 1.01. The average Bonchev–Trinajstić information content (AvgIpc) is 3.38. The summed E-state index contributed by atoms with van der Waals surface area (Å²) in [6, 6.07) is 12.3. The van der Waals surface area contributed by atoms with Gasteiger partial charge in [0.1, 0.15) is 17.4 Å². The molecule has 0 bridgehead atoms. The molecular weight excluding hydrogens is 399 g/mol. The fourth-order valence-electron chi connectivity index (χ4n) is 3.76. The first kappa shape index (κ1) is 21.2. The SMILES string of the molecule is COc1cc(F)cc(Cn2c(CN(C)C)nn(-c3ccc(C4CNNC4)cc3)c2=O)c1. The van der Waals surface area contributed by atoms with Crippen molar-refractivity contribution in [3.63, 3.8) is 0 Å². The van der Waals surface area contributed by atoms with Crippen molar-refractivity contribution < 1.29 is 9.13 Å². The second kappa shape index (κ2) is 9.01. The molecule has 0 spiro atoms. The molecule has 164 valence electrons. The van der Waals surface area contributed by atoms with E-state index in [1.807, 2.05) is 43.3 Å². The number of benzene rings is 2. The number of nitrogens with zero attached hydrogens (tertiary/aromatic N) is 4. The van der Waals surface area contributed by atoms with Crippen molar-refractivity contribution in [1.82, 2.24) is 30.1 Å². The molecule has 9 heteroatoms. The lowest BCUT2D eigenvalue weighted by Gasteiger charge is -2.11. The number of methoxy groups -OCH3 is 1. The zero-order valence-corrected chi connectivity index (χ0v) is 17.9. The maximum atomic E-state index is 14.0. The van der Waals surface area contributed by atoms with Crippen LogP contribution in [0.4, 0.5) is 4.39 Å². The molecule has 0 amide bonds. The molecule has 0 atom stereocenters. The molecule has 0 saturated carbocycles. The summed E-state index contributed by atoms with van der Waals surface area (Å²) >= 11 is 0. The molecule has 0 aliphatic carbocycles. The summed E-state index contributed by atoms with van der Waals surface area (Å²) in [6.07, 6.45) is 0. The molecule has 1 saturated heterocycles. The zero-order valence-electron chi connectivity index (χ0n) is 17.9. The third-order valence-corrected chi connectivity index (χ3v) is 5.34. The van der Waals surface area contributed by atoms with Gasteiger partial charge in [0.15, 0.2) is 0 Å². The van der Waals surface area contributed by atoms with Crippen molar-refractivity contribution in [2.45, 2.75) is 19.0 Å². The van der Waals surface area contributed by atoms with Gasteiger partial charge in [-0.1, -0.05) is 12.1 Å². The molecule has 0 unspecified atom stereocenters. The van der Waals surface area contributed by atoms with Crippen molar-refractivity contribution >= 4 is 0 Å². The topological polar surface area (TPSA) is 76.3 Å². The lowest BCUT2D eigenvalue weighted by atomic mass is 10.0. The van der Waals surface area contributed by atoms with E-state index in [1.54, 1.807) is 10.6 Å². The van der Waals surface area contributed by atoms with Crippen molar-refractivity contribution in [3.8, 4) is 11.4 Å². The molecule has 2 N–H and O–H groups in total. The van der Waals surface area contributed by atoms with Crippen molar-refractivity contribution in [3.05, 3.63) is 75.7 Å². The van der Waals surface area contributed by atoms with Crippen LogP contribution in [0.5, 0.6) is 5.75 Å². The van der Waals surface area contributed by atoms with E-state index in [0.717, 1.165) is 13.1 Å². The first-order chi connectivity index (χ1) is 14.9. The molecule has 4 rings (SSSR count). The first-order valence-electron chi connectivity index (χ1n) is 10.2. The highest BCUT2D eigenvalue weighted by molar-refractivity contribution is 5.36. The summed E-state index contributed by atoms with van der Waals surface area (Å²) in [6.45, 7) is 2.43. The maximum Gasteiger partial charge on any atom is 0.351 e. The Kier molecular flexibility index (Phi) is 6.17. The van der Waals surface area contributed by atoms with Gasteiger partial charge in [-0.15, -0.1) is 5.10 Å². The highest BCUT2D eigenvalue weighted by Crippen LogP contribution is 2.19. The Morgan fingerprint density at radius 3 is 2.52 bits per heavy atom. The van der Waals surface area contributed by atoms with Gasteiger partial charge in [0, 0.05) is 25.1 Å². The molecule has 1 aliphatic rings. The Morgan fingerprint density at radius 1 is 1.16 bits per heavy atom. The Balaban J connectivity index is 1.69. The predicted molar refractivity (Wildman–Crippen MR) is 116 cm³/mol. The zero-order chi connectivity index (χ0) is 22.0. The number of nitrogens with one attached hydrogen (secondary N) is 2. The molecule has 8 nitrogen and oxygen atoms in total. The molecule has 31 heavy (non-hydrogen) atoms. The molecule has 1 aromatic heterocycles. The van der Waals surface area contributed by atoms with Gasteiger partial charge in [0.2, 0.25) is 0 Å². The Labute approximate surface area is 180 Å². The van der Waals surface area contributed by atoms with Crippen LogP contribution in [0.25, 0.3) is 5.69 Å². The van der Waals surface area contributed by atoms with Crippen LogP contribution in [-0.2, 0) is 13.1 Å². The summed E-state index contributed by atoms with van der Waals surface area (Å²) in [4.78, 5) is 15.2. The van der Waals surface area contributed by atoms with Gasteiger partial charge >= 0.3 is 5.69 Å². The lowest BCUT2D eigenvalue weighted by molar-refractivity contribution is 0.380. The van der Waals surface area contributed by atoms with E-state index >= 15 is 0 Å². The summed E-state index contributed by atoms with van der Waals surface area (Å²) in [7, 11) is 5.32. The number of hydrogen-bond acceptors (Lipinski definition) is 6. The number of halogens is 1. The second-order valence-corrected chi connectivity index (χ2v) is 7.98. The Hall–Kier alpha value is -3.01. The van der Waals surface area contributed by atoms with Crippen LogP contribution < -0.4 is 21.3 Å². The van der Waals surface area contributed by atoms with E-state index in [-0.39, 0.29) is 12.2 Å². The van der Waals surface area contributed by atoms with Gasteiger partial charge in [0.05, 0.1) is 25.9 Å². The molecule has 1 aliphatic heterocycles. The quantitative estimate of drug-likeness (QED) is 0.596. The highest BCUT2D eigenvalue weighted by Gasteiger charge is 2.19. The van der Waals surface area contributed by atoms with Gasteiger partial charge in [-0.3, -0.25) is 15.4 Å². The van der Waals surface area contributed by atoms with Crippen molar-refractivity contribution in [2.75, 3.05) is 34.3 Å². The lowest BCUT2D eigenvalue weighted by Crippen LogP contribution is -2.26. The summed E-state index contributed by atoms with van der Waals surface area (Å²) in [5.41, 5.74) is 8.53. The van der Waals surface area contributed by atoms with Gasteiger partial charge in [-0.05, 0) is 49.5 Å². The Morgan fingerprint density at radius 2 is 1.87 bits per heavy atom. The number of hydrazine groups is 1. The third kappa shape index (κ3) is 4.68. The average molecular weight is 426 g/mol. The standard InChI is InChI=1S/C22H27FN6O2/c1-27(2)14-21-26-29(19-6-4-16(5-7-19)17-11-24-25-12-17)22(30)28(21)13-15-8-18(23)10-20(9-15)31-3/h4-10,17,24-25H,11-14H2,1-3H3. The van der Waals surface area contributed by atoms with E-state index < -0.39 is 5.82 Å². The first-order valence-corrected chi connectivity index (χ1v) is 10.2. The molecule has 2 aromatic carbocycles. The van der Waals surface area contributed by atoms with Gasteiger partial charge in [-0.2, -0.15) is 4.68 Å². The van der Waals surface area contributed by atoms with Crippen LogP contribution in [0.1, 0.15) is 22.9 Å². The van der Waals surface area contributed by atoms with Gasteiger partial charge < -0.3 is 9.64 Å². The summed E-state index contributed by atoms with van der Waals surface area (Å²) < 4.78 is 22.1. The fraction of sp³-hybridized carbons (Fsp3) is 0.364. The van der Waals surface area contributed by atoms with Crippen LogP contribution in [0.2, 0.25) is 0 Å². The molecule has 3 aromatic rings. The monoisotopic (exact) mass is 426 g/mol. The van der Waals surface area contributed by atoms with E-state index in [0.29, 0.717) is 35.3 Å². The predicted octanol–water partition coefficient (Wildman–Crippen LogP) is 1.48. The number of ether oxygens (including phenoxy) is 1. The van der Waals surface area contributed by atoms with E-state index in [9.17, 15) is 9.18 Å². The number of rotatable bonds is 7. The van der Waals surface area contributed by atoms with E-state index in [1.165, 1.54) is 29.5 Å². The van der Waals surface area contributed by atoms with Crippen LogP contribution in [-0.4, -0.2) is 53.5 Å². The van der Waals surface area contributed by atoms with Crippen LogP contribution in [0.3, 0.4) is 0 Å². The molecule has 0 radical (unpaired) electrons. The van der Waals surface area contributed by atoms with Gasteiger partial charge in [-0.25, -0.2) is 9.18 Å². The van der Waals surface area contributed by atoms with Crippen LogP contribution >= 0.6 is 0 Å². The maximum absolute atomic E-state index is 14.0. The van der Waals surface area contributed by atoms with E-state index in [2.05, 4.69) is 16.0 Å². The minimum Gasteiger partial charge on any atom is -0.497 e. The van der Waals surface area contributed by atoms with Crippen LogP contribution in [0.15, 0.2) is 47.3 Å². The molecule has 1 fully saturated rings. The highest BCUT2D eigenvalue weighted by atomic mass is 19.1.